The van der Waals surface area contributed by atoms with Crippen LogP contribution in [0.15, 0.2) is 145 Å². The summed E-state index contributed by atoms with van der Waals surface area (Å²) in [5, 5.41) is 7.96. The van der Waals surface area contributed by atoms with Gasteiger partial charge in [-0.2, -0.15) is 0 Å². The van der Waals surface area contributed by atoms with Crippen molar-refractivity contribution in [2.75, 3.05) is 0 Å². The van der Waals surface area contributed by atoms with E-state index in [1.807, 2.05) is 22.7 Å². The second-order valence-corrected chi connectivity index (χ2v) is 17.0. The van der Waals surface area contributed by atoms with E-state index in [-0.39, 0.29) is 5.92 Å². The molecular formula is C51H37NS2. The van der Waals surface area contributed by atoms with E-state index in [0.717, 1.165) is 53.8 Å². The van der Waals surface area contributed by atoms with Crippen LogP contribution in [0.25, 0.3) is 70.7 Å². The van der Waals surface area contributed by atoms with Crippen molar-refractivity contribution in [2.24, 2.45) is 4.99 Å². The number of hydrogen-bond donors (Lipinski definition) is 0. The summed E-state index contributed by atoms with van der Waals surface area (Å²) in [5.41, 5.74) is 13.4. The average Bonchev–Trinajstić information content (AvgIpc) is 3.80. The summed E-state index contributed by atoms with van der Waals surface area (Å²) in [6, 6.07) is 40.3. The predicted molar refractivity (Wildman–Crippen MR) is 236 cm³/mol. The highest BCUT2D eigenvalue weighted by molar-refractivity contribution is 7.21. The maximum Gasteiger partial charge on any atom is 0.0744 e. The van der Waals surface area contributed by atoms with Gasteiger partial charge in [-0.15, -0.1) is 22.7 Å². The zero-order chi connectivity index (χ0) is 35.9. The van der Waals surface area contributed by atoms with Crippen molar-refractivity contribution in [1.29, 1.82) is 0 Å². The van der Waals surface area contributed by atoms with E-state index in [2.05, 4.69) is 146 Å². The van der Waals surface area contributed by atoms with Gasteiger partial charge in [0.15, 0.2) is 0 Å². The Morgan fingerprint density at radius 1 is 0.667 bits per heavy atom. The lowest BCUT2D eigenvalue weighted by Crippen LogP contribution is -2.16. The van der Waals surface area contributed by atoms with Crippen LogP contribution >= 0.6 is 22.7 Å². The van der Waals surface area contributed by atoms with Crippen LogP contribution in [0.2, 0.25) is 0 Å². The van der Waals surface area contributed by atoms with Gasteiger partial charge in [0.05, 0.1) is 11.4 Å². The van der Waals surface area contributed by atoms with Crippen LogP contribution in [0, 0.1) is 6.92 Å². The Balaban J connectivity index is 1.08. The summed E-state index contributed by atoms with van der Waals surface area (Å²) in [4.78, 5) is 8.40. The minimum absolute atomic E-state index is 0.00761. The first kappa shape index (κ1) is 31.9. The maximum atomic E-state index is 5.49. The quantitative estimate of drug-likeness (QED) is 0.171. The van der Waals surface area contributed by atoms with Gasteiger partial charge >= 0.3 is 0 Å². The van der Waals surface area contributed by atoms with Gasteiger partial charge in [0.25, 0.3) is 0 Å². The summed E-state index contributed by atoms with van der Waals surface area (Å²) in [6.45, 7) is 7.13. The topological polar surface area (TPSA) is 12.4 Å². The monoisotopic (exact) mass is 727 g/mol. The maximum absolute atomic E-state index is 5.49. The molecule has 0 bridgehead atoms. The van der Waals surface area contributed by atoms with Crippen LogP contribution in [-0.2, 0) is 12.8 Å². The van der Waals surface area contributed by atoms with Gasteiger partial charge in [0.2, 0.25) is 0 Å². The van der Waals surface area contributed by atoms with Crippen LogP contribution in [0.5, 0.6) is 0 Å². The van der Waals surface area contributed by atoms with Crippen LogP contribution in [0.1, 0.15) is 61.9 Å². The molecule has 0 amide bonds. The third-order valence-electron chi connectivity index (χ3n) is 11.8. The molecule has 0 saturated heterocycles. The highest BCUT2D eigenvalue weighted by Gasteiger charge is 2.28. The molecule has 54 heavy (non-hydrogen) atoms. The van der Waals surface area contributed by atoms with E-state index in [0.29, 0.717) is 0 Å². The summed E-state index contributed by atoms with van der Waals surface area (Å²) in [6.07, 6.45) is 16.1. The lowest BCUT2D eigenvalue weighted by atomic mass is 9.82. The van der Waals surface area contributed by atoms with Gasteiger partial charge < -0.3 is 0 Å². The van der Waals surface area contributed by atoms with E-state index in [1.54, 1.807) is 0 Å². The number of aryl methyl sites for hydroxylation is 3. The molecule has 0 saturated carbocycles. The van der Waals surface area contributed by atoms with Gasteiger partial charge in [-0.3, -0.25) is 0 Å². The van der Waals surface area contributed by atoms with Gasteiger partial charge in [-0.05, 0) is 99.7 Å². The van der Waals surface area contributed by atoms with Crippen molar-refractivity contribution >= 4 is 88.0 Å². The van der Waals surface area contributed by atoms with Gasteiger partial charge in [-0.1, -0.05) is 134 Å². The van der Waals surface area contributed by atoms with E-state index in [1.165, 1.54) is 84.9 Å². The zero-order valence-electron chi connectivity index (χ0n) is 30.2. The molecule has 8 aromatic rings. The van der Waals surface area contributed by atoms with Gasteiger partial charge in [0, 0.05) is 52.5 Å². The van der Waals surface area contributed by atoms with Crippen LogP contribution in [-0.4, -0.2) is 5.71 Å². The lowest BCUT2D eigenvalue weighted by molar-refractivity contribution is 1.01. The fourth-order valence-electron chi connectivity index (χ4n) is 9.22. The first-order chi connectivity index (χ1) is 26.6. The normalized spacial score (nSPS) is 16.6. The van der Waals surface area contributed by atoms with Crippen molar-refractivity contribution in [3.8, 4) is 11.1 Å². The smallest absolute Gasteiger partial charge is 0.0744 e. The number of allylic oxidation sites excluding steroid dienone is 4. The van der Waals surface area contributed by atoms with E-state index < -0.39 is 0 Å². The van der Waals surface area contributed by atoms with E-state index in [4.69, 9.17) is 11.6 Å². The van der Waals surface area contributed by atoms with Crippen molar-refractivity contribution in [2.45, 2.75) is 38.5 Å². The number of hydrogen-bond acceptors (Lipinski definition) is 3. The summed E-state index contributed by atoms with van der Waals surface area (Å²) in [5.74, 6) is -0.00761. The minimum atomic E-state index is -0.00761. The fraction of sp³-hybridized carbons (Fsp3) is 0.118. The second-order valence-electron chi connectivity index (χ2n) is 14.9. The molecule has 2 aliphatic carbocycles. The standard InChI is InChI=1S/C51H37NS2/c1-30-35-15-5-6-18-39(35)48-42-19-8-10-24-46(42)54-51(48)47(30)33-25-27-34(28-26-33)49-31(2)43(29-44(52-49)37-20-11-14-32-13-3-4-16-36(32)37)41-22-12-21-40-38-17-7-9-23-45(38)53-50(40)41/h3-7,10-18,20-22,24-29,43H,2,8-9,19,23H2,1H3. The van der Waals surface area contributed by atoms with Crippen molar-refractivity contribution in [3.63, 3.8) is 0 Å². The van der Waals surface area contributed by atoms with Crippen LogP contribution < -0.4 is 0 Å². The third-order valence-corrected chi connectivity index (χ3v) is 14.4. The lowest BCUT2D eigenvalue weighted by Gasteiger charge is -2.26. The molecule has 258 valence electrons. The Kier molecular flexibility index (Phi) is 7.37. The van der Waals surface area contributed by atoms with E-state index in [9.17, 15) is 0 Å². The molecule has 3 aliphatic rings. The molecule has 11 rings (SSSR count). The van der Waals surface area contributed by atoms with Gasteiger partial charge in [0.1, 0.15) is 0 Å². The molecule has 2 aromatic heterocycles. The number of nitrogens with zero attached hydrogens (tertiary/aromatic N) is 1. The Bertz CT molecular complexity index is 3010. The Labute approximate surface area is 323 Å². The number of fused-ring (bicyclic) bond motifs is 9. The molecule has 0 N–H and O–H groups in total. The molecule has 3 heteroatoms. The summed E-state index contributed by atoms with van der Waals surface area (Å²) in [7, 11) is 0. The second kappa shape index (κ2) is 12.5. The van der Waals surface area contributed by atoms with Crippen molar-refractivity contribution < 1.29 is 0 Å². The molecule has 1 nitrogen and oxygen atoms in total. The Morgan fingerprint density at radius 3 is 2.28 bits per heavy atom. The molecule has 1 aliphatic heterocycles. The number of benzene rings is 6. The molecule has 1 atom stereocenters. The highest BCUT2D eigenvalue weighted by Crippen LogP contribution is 2.48. The molecule has 6 aromatic carbocycles. The predicted octanol–water partition coefficient (Wildman–Crippen LogP) is 14.5. The Morgan fingerprint density at radius 2 is 1.39 bits per heavy atom. The first-order valence-electron chi connectivity index (χ1n) is 19.0. The van der Waals surface area contributed by atoms with Crippen LogP contribution in [0.3, 0.4) is 0 Å². The van der Waals surface area contributed by atoms with E-state index >= 15 is 0 Å². The number of thiophene rings is 2. The SMILES string of the molecule is C=C1C(c2ccc(-c3c(C)c4ccccc4c4c5c(sc34)C=CCC5)cc2)=NC(c2cccc3ccccc23)=CC1c1cccc2c3c(sc12)CCC=C3. The highest BCUT2D eigenvalue weighted by atomic mass is 32.1. The summed E-state index contributed by atoms with van der Waals surface area (Å²) >= 11 is 3.92. The largest absolute Gasteiger partial charge is 0.248 e. The number of aliphatic imine (C=N–C) groups is 1. The van der Waals surface area contributed by atoms with Gasteiger partial charge in [-0.25, -0.2) is 4.99 Å². The van der Waals surface area contributed by atoms with Crippen molar-refractivity contribution in [1.82, 2.24) is 0 Å². The summed E-state index contributed by atoms with van der Waals surface area (Å²) < 4.78 is 2.77. The number of rotatable bonds is 4. The third kappa shape index (κ3) is 4.85. The molecule has 1 unspecified atom stereocenters. The zero-order valence-corrected chi connectivity index (χ0v) is 31.8. The molecule has 0 fully saturated rings. The first-order valence-corrected chi connectivity index (χ1v) is 20.7. The van der Waals surface area contributed by atoms with Crippen molar-refractivity contribution in [3.05, 3.63) is 183 Å². The molecule has 3 heterocycles. The van der Waals surface area contributed by atoms with Crippen LogP contribution in [0.4, 0.5) is 0 Å². The molecule has 0 radical (unpaired) electrons. The molecule has 0 spiro atoms. The minimum Gasteiger partial charge on any atom is -0.248 e. The molecular weight excluding hydrogens is 691 g/mol. The fourth-order valence-corrected chi connectivity index (χ4v) is 12.0. The Hall–Kier alpha value is -5.61. The average molecular weight is 728 g/mol.